The van der Waals surface area contributed by atoms with Crippen LogP contribution in [-0.2, 0) is 7.05 Å². The highest BCUT2D eigenvalue weighted by Crippen LogP contribution is 2.25. The van der Waals surface area contributed by atoms with Crippen LogP contribution in [0.15, 0.2) is 11.8 Å². The van der Waals surface area contributed by atoms with E-state index < -0.39 is 4.92 Å². The van der Waals surface area contributed by atoms with Crippen LogP contribution in [0.1, 0.15) is 24.6 Å². The number of halogens is 1. The Morgan fingerprint density at radius 2 is 2.32 bits per heavy atom. The summed E-state index contributed by atoms with van der Waals surface area (Å²) in [5, 5.41) is 16.2. The highest BCUT2D eigenvalue weighted by Gasteiger charge is 2.13. The summed E-state index contributed by atoms with van der Waals surface area (Å²) in [4.78, 5) is 14.7. The Kier molecular flexibility index (Phi) is 3.53. The molecule has 19 heavy (non-hydrogen) atoms. The fourth-order valence-corrected chi connectivity index (χ4v) is 2.09. The minimum Gasteiger partial charge on any atom is -0.259 e. The molecule has 2 heterocycles. The minimum absolute atomic E-state index is 0.101. The molecule has 6 nitrogen and oxygen atoms in total. The van der Waals surface area contributed by atoms with Crippen molar-refractivity contribution in [1.82, 2.24) is 14.8 Å². The number of fused-ring (bicyclic) bond motifs is 1. The molecule has 0 bridgehead atoms. The van der Waals surface area contributed by atoms with E-state index in [2.05, 4.69) is 10.1 Å². The summed E-state index contributed by atoms with van der Waals surface area (Å²) in [7, 11) is 1.78. The van der Waals surface area contributed by atoms with Gasteiger partial charge in [-0.1, -0.05) is 18.5 Å². The number of nitro groups is 1. The zero-order valence-electron chi connectivity index (χ0n) is 10.8. The lowest BCUT2D eigenvalue weighted by atomic mass is 10.1. The van der Waals surface area contributed by atoms with Crippen LogP contribution in [0.2, 0.25) is 5.15 Å². The lowest BCUT2D eigenvalue weighted by Gasteiger charge is -2.00. The zero-order chi connectivity index (χ0) is 14.2. The van der Waals surface area contributed by atoms with E-state index in [0.29, 0.717) is 17.6 Å². The van der Waals surface area contributed by atoms with Crippen LogP contribution in [-0.4, -0.2) is 19.7 Å². The van der Waals surface area contributed by atoms with E-state index in [4.69, 9.17) is 11.6 Å². The van der Waals surface area contributed by atoms with Crippen LogP contribution in [0.5, 0.6) is 0 Å². The molecule has 0 unspecified atom stereocenters. The first-order valence-electron chi connectivity index (χ1n) is 5.78. The molecule has 0 atom stereocenters. The predicted molar refractivity (Wildman–Crippen MR) is 73.5 cm³/mol. The van der Waals surface area contributed by atoms with Gasteiger partial charge in [-0.3, -0.25) is 14.8 Å². The van der Waals surface area contributed by atoms with Crippen molar-refractivity contribution < 1.29 is 4.92 Å². The molecule has 100 valence electrons. The van der Waals surface area contributed by atoms with Crippen LogP contribution in [0.25, 0.3) is 17.1 Å². The molecule has 7 heteroatoms. The summed E-state index contributed by atoms with van der Waals surface area (Å²) in [6, 6.07) is 1.78. The van der Waals surface area contributed by atoms with E-state index in [-0.39, 0.29) is 10.9 Å². The summed E-state index contributed by atoms with van der Waals surface area (Å²) in [6.45, 7) is 3.59. The molecule has 0 spiro atoms. The van der Waals surface area contributed by atoms with E-state index in [1.807, 2.05) is 6.92 Å². The highest BCUT2D eigenvalue weighted by molar-refractivity contribution is 6.31. The molecular formula is C12H13ClN4O2. The molecule has 0 aliphatic heterocycles. The smallest absolute Gasteiger partial charge is 0.246 e. The van der Waals surface area contributed by atoms with Gasteiger partial charge in [0, 0.05) is 30.5 Å². The standard InChI is InChI=1S/C12H13ClN4O2/c1-4-9(17(18)19)5-8-6-10-7(2)15-16(3)12(10)14-11(8)13/h5-6H,4H2,1-3H3. The van der Waals surface area contributed by atoms with Crippen LogP contribution in [0, 0.1) is 17.0 Å². The summed E-state index contributed by atoms with van der Waals surface area (Å²) < 4.78 is 1.64. The van der Waals surface area contributed by atoms with E-state index >= 15 is 0 Å². The van der Waals surface area contributed by atoms with Gasteiger partial charge in [0.25, 0.3) is 0 Å². The molecule has 0 aliphatic rings. The van der Waals surface area contributed by atoms with Gasteiger partial charge < -0.3 is 0 Å². The highest BCUT2D eigenvalue weighted by atomic mass is 35.5. The van der Waals surface area contributed by atoms with E-state index in [1.54, 1.807) is 24.7 Å². The number of aryl methyl sites for hydroxylation is 2. The van der Waals surface area contributed by atoms with Crippen molar-refractivity contribution >= 4 is 28.7 Å². The Labute approximate surface area is 114 Å². The van der Waals surface area contributed by atoms with Crippen molar-refractivity contribution in [2.24, 2.45) is 7.05 Å². The average molecular weight is 281 g/mol. The molecule has 0 radical (unpaired) electrons. The van der Waals surface area contributed by atoms with Gasteiger partial charge in [-0.15, -0.1) is 0 Å². The van der Waals surface area contributed by atoms with Gasteiger partial charge in [0.05, 0.1) is 10.6 Å². The predicted octanol–water partition coefficient (Wildman–Crippen LogP) is 2.96. The lowest BCUT2D eigenvalue weighted by Crippen LogP contribution is -1.97. The molecule has 0 saturated heterocycles. The van der Waals surface area contributed by atoms with E-state index in [9.17, 15) is 10.1 Å². The van der Waals surface area contributed by atoms with E-state index in [0.717, 1.165) is 11.1 Å². The second-order valence-electron chi connectivity index (χ2n) is 4.19. The Bertz CT molecular complexity index is 691. The van der Waals surface area contributed by atoms with Crippen LogP contribution >= 0.6 is 11.6 Å². The molecule has 0 aromatic carbocycles. The van der Waals surface area contributed by atoms with Crippen LogP contribution in [0.4, 0.5) is 0 Å². The molecule has 0 N–H and O–H groups in total. The number of rotatable bonds is 3. The maximum absolute atomic E-state index is 10.8. The topological polar surface area (TPSA) is 73.8 Å². The number of hydrogen-bond acceptors (Lipinski definition) is 4. The fraction of sp³-hybridized carbons (Fsp3) is 0.333. The third-order valence-corrected chi connectivity index (χ3v) is 3.20. The largest absolute Gasteiger partial charge is 0.259 e. The monoisotopic (exact) mass is 280 g/mol. The summed E-state index contributed by atoms with van der Waals surface area (Å²) >= 11 is 6.07. The van der Waals surface area contributed by atoms with Gasteiger partial charge in [0.15, 0.2) is 5.65 Å². The molecule has 2 aromatic rings. The van der Waals surface area contributed by atoms with Gasteiger partial charge in [0.2, 0.25) is 5.70 Å². The SMILES string of the molecule is CCC(=Cc1cc2c(C)nn(C)c2nc1Cl)[N+](=O)[O-]. The van der Waals surface area contributed by atoms with Gasteiger partial charge >= 0.3 is 0 Å². The lowest BCUT2D eigenvalue weighted by molar-refractivity contribution is -0.425. The van der Waals surface area contributed by atoms with Crippen molar-refractivity contribution in [2.75, 3.05) is 0 Å². The third-order valence-electron chi connectivity index (χ3n) is 2.90. The van der Waals surface area contributed by atoms with Crippen molar-refractivity contribution in [3.63, 3.8) is 0 Å². The normalized spacial score (nSPS) is 12.1. The van der Waals surface area contributed by atoms with Gasteiger partial charge in [0.1, 0.15) is 5.15 Å². The molecule has 0 amide bonds. The fourth-order valence-electron chi connectivity index (χ4n) is 1.90. The van der Waals surface area contributed by atoms with Crippen LogP contribution < -0.4 is 0 Å². The maximum atomic E-state index is 10.8. The molecule has 0 aliphatic carbocycles. The minimum atomic E-state index is -0.406. The Morgan fingerprint density at radius 3 is 2.89 bits per heavy atom. The van der Waals surface area contributed by atoms with Crippen molar-refractivity contribution in [3.8, 4) is 0 Å². The first kappa shape index (κ1) is 13.5. The first-order valence-corrected chi connectivity index (χ1v) is 6.16. The number of hydrogen-bond donors (Lipinski definition) is 0. The second kappa shape index (κ2) is 4.97. The van der Waals surface area contributed by atoms with Crippen LogP contribution in [0.3, 0.4) is 0 Å². The number of allylic oxidation sites excluding steroid dienone is 1. The van der Waals surface area contributed by atoms with Gasteiger partial charge in [-0.25, -0.2) is 4.98 Å². The summed E-state index contributed by atoms with van der Waals surface area (Å²) in [5.74, 6) is 0. The van der Waals surface area contributed by atoms with Crippen molar-refractivity contribution in [2.45, 2.75) is 20.3 Å². The molecule has 0 fully saturated rings. The summed E-state index contributed by atoms with van der Waals surface area (Å²) in [6.07, 6.45) is 1.79. The third kappa shape index (κ3) is 2.44. The molecular weight excluding hydrogens is 268 g/mol. The number of nitrogens with zero attached hydrogens (tertiary/aromatic N) is 4. The zero-order valence-corrected chi connectivity index (χ0v) is 11.6. The van der Waals surface area contributed by atoms with Gasteiger partial charge in [-0.05, 0) is 13.0 Å². The summed E-state index contributed by atoms with van der Waals surface area (Å²) in [5.41, 5.74) is 2.12. The number of aromatic nitrogens is 3. The molecule has 2 rings (SSSR count). The van der Waals surface area contributed by atoms with Gasteiger partial charge in [-0.2, -0.15) is 5.10 Å². The Balaban J connectivity index is 2.65. The maximum Gasteiger partial charge on any atom is 0.246 e. The number of pyridine rings is 1. The van der Waals surface area contributed by atoms with Crippen molar-refractivity contribution in [3.05, 3.63) is 38.3 Å². The molecule has 0 saturated carbocycles. The van der Waals surface area contributed by atoms with Crippen molar-refractivity contribution in [1.29, 1.82) is 0 Å². The Hall–Kier alpha value is -1.95. The quantitative estimate of drug-likeness (QED) is 0.492. The Morgan fingerprint density at radius 1 is 1.63 bits per heavy atom. The first-order chi connectivity index (χ1) is 8.93. The molecule has 2 aromatic heterocycles. The average Bonchev–Trinajstić information content (AvgIpc) is 2.61. The second-order valence-corrected chi connectivity index (χ2v) is 4.55. The van der Waals surface area contributed by atoms with E-state index in [1.165, 1.54) is 6.08 Å².